The second-order valence-electron chi connectivity index (χ2n) is 6.72. The first kappa shape index (κ1) is 14.0. The molecule has 0 amide bonds. The van der Waals surface area contributed by atoms with E-state index in [1.54, 1.807) is 5.57 Å². The van der Waals surface area contributed by atoms with Gasteiger partial charge in [0.2, 0.25) is 0 Å². The summed E-state index contributed by atoms with van der Waals surface area (Å²) in [6.07, 6.45) is 7.52. The van der Waals surface area contributed by atoms with Gasteiger partial charge in [-0.3, -0.25) is 0 Å². The molecule has 0 bridgehead atoms. The number of hydrogen-bond acceptors (Lipinski definition) is 2. The molecule has 4 atom stereocenters. The Kier molecular flexibility index (Phi) is 4.08. The van der Waals surface area contributed by atoms with Crippen molar-refractivity contribution in [2.45, 2.75) is 58.9 Å². The molecule has 0 aliphatic heterocycles. The Bertz CT molecular complexity index is 392. The number of nitrogens with zero attached hydrogens (tertiary/aromatic N) is 1. The lowest BCUT2D eigenvalue weighted by Crippen LogP contribution is -2.43. The zero-order valence-corrected chi connectivity index (χ0v) is 12.9. The van der Waals surface area contributed by atoms with Gasteiger partial charge in [-0.25, -0.2) is 4.99 Å². The maximum atomic E-state index is 4.87. The quantitative estimate of drug-likeness (QED) is 0.393. The Morgan fingerprint density at radius 1 is 1.39 bits per heavy atom. The van der Waals surface area contributed by atoms with Crippen LogP contribution in [0.1, 0.15) is 53.4 Å². The minimum absolute atomic E-state index is 0.0130. The van der Waals surface area contributed by atoms with Gasteiger partial charge in [0.05, 0.1) is 10.7 Å². The molecule has 0 saturated heterocycles. The smallest absolute Gasteiger partial charge is 0.0748 e. The summed E-state index contributed by atoms with van der Waals surface area (Å²) in [7, 11) is 0. The third kappa shape index (κ3) is 2.46. The van der Waals surface area contributed by atoms with Crippen molar-refractivity contribution in [3.05, 3.63) is 11.6 Å². The van der Waals surface area contributed by atoms with E-state index in [-0.39, 0.29) is 5.54 Å². The van der Waals surface area contributed by atoms with Crippen LogP contribution in [0.15, 0.2) is 16.6 Å². The van der Waals surface area contributed by atoms with E-state index in [1.165, 1.54) is 19.3 Å². The molecule has 0 heterocycles. The monoisotopic (exact) mass is 263 g/mol. The molecule has 0 N–H and O–H groups in total. The fourth-order valence-electron chi connectivity index (χ4n) is 3.92. The number of isothiocyanates is 1. The molecule has 0 spiro atoms. The second kappa shape index (κ2) is 5.27. The van der Waals surface area contributed by atoms with Crippen LogP contribution < -0.4 is 0 Å². The van der Waals surface area contributed by atoms with Gasteiger partial charge in [-0.15, -0.1) is 0 Å². The first-order valence-electron chi connectivity index (χ1n) is 7.28. The fourth-order valence-corrected chi connectivity index (χ4v) is 4.13. The van der Waals surface area contributed by atoms with Gasteiger partial charge in [-0.1, -0.05) is 32.4 Å². The standard InChI is InChI=1S/C16H25NS/c1-11(2)13-7-8-16(4,17-10-18)15-6-5-12(3)9-14(13)15/h9,11-13,15H,5-8H2,1-4H3/t12-,13-,15+,16-/m1/s1. The van der Waals surface area contributed by atoms with Crippen LogP contribution in [0.25, 0.3) is 0 Å². The predicted molar refractivity (Wildman–Crippen MR) is 81.0 cm³/mol. The van der Waals surface area contributed by atoms with Crippen molar-refractivity contribution in [1.29, 1.82) is 0 Å². The zero-order valence-electron chi connectivity index (χ0n) is 12.1. The number of allylic oxidation sites excluding steroid dienone is 1. The SMILES string of the molecule is CC(C)[C@H]1CC[C@@](C)(N=C=S)[C@H]2CC[C@@H](C)C=C12. The van der Waals surface area contributed by atoms with Crippen LogP contribution in [0.2, 0.25) is 0 Å². The number of aliphatic imine (C=N–C) groups is 1. The van der Waals surface area contributed by atoms with Crippen molar-refractivity contribution in [1.82, 2.24) is 0 Å². The number of thiocarbonyl (C=S) groups is 1. The summed E-state index contributed by atoms with van der Waals surface area (Å²) in [5.41, 5.74) is 1.69. The highest BCUT2D eigenvalue weighted by molar-refractivity contribution is 7.78. The van der Waals surface area contributed by atoms with Crippen LogP contribution >= 0.6 is 12.2 Å². The Balaban J connectivity index is 2.37. The highest BCUT2D eigenvalue weighted by Crippen LogP contribution is 2.50. The lowest BCUT2D eigenvalue weighted by atomic mass is 9.60. The van der Waals surface area contributed by atoms with Gasteiger partial charge in [0.1, 0.15) is 0 Å². The Hall–Kier alpha value is -0.460. The summed E-state index contributed by atoms with van der Waals surface area (Å²) < 4.78 is 0. The summed E-state index contributed by atoms with van der Waals surface area (Å²) in [6, 6.07) is 0. The average Bonchev–Trinajstić information content (AvgIpc) is 2.28. The number of hydrogen-bond donors (Lipinski definition) is 0. The van der Waals surface area contributed by atoms with Crippen molar-refractivity contribution in [3.63, 3.8) is 0 Å². The molecule has 2 rings (SSSR count). The van der Waals surface area contributed by atoms with Crippen molar-refractivity contribution >= 4 is 17.4 Å². The molecule has 1 fully saturated rings. The lowest BCUT2D eigenvalue weighted by molar-refractivity contribution is 0.179. The molecule has 0 aromatic heterocycles. The van der Waals surface area contributed by atoms with E-state index < -0.39 is 0 Å². The van der Waals surface area contributed by atoms with Crippen LogP contribution in [0.3, 0.4) is 0 Å². The van der Waals surface area contributed by atoms with Crippen LogP contribution in [-0.4, -0.2) is 10.7 Å². The summed E-state index contributed by atoms with van der Waals surface area (Å²) >= 11 is 4.87. The zero-order chi connectivity index (χ0) is 13.3. The lowest BCUT2D eigenvalue weighted by Gasteiger charge is -2.47. The third-order valence-corrected chi connectivity index (χ3v) is 5.13. The molecule has 0 aromatic rings. The maximum Gasteiger partial charge on any atom is 0.0748 e. The van der Waals surface area contributed by atoms with E-state index in [0.29, 0.717) is 5.92 Å². The van der Waals surface area contributed by atoms with Gasteiger partial charge in [0, 0.05) is 5.92 Å². The highest BCUT2D eigenvalue weighted by Gasteiger charge is 2.44. The molecule has 1 saturated carbocycles. The van der Waals surface area contributed by atoms with Gasteiger partial charge in [-0.2, -0.15) is 0 Å². The highest BCUT2D eigenvalue weighted by atomic mass is 32.1. The van der Waals surface area contributed by atoms with Crippen LogP contribution in [0, 0.1) is 23.7 Å². The molecular weight excluding hydrogens is 238 g/mol. The fraction of sp³-hybridized carbons (Fsp3) is 0.812. The minimum atomic E-state index is 0.0130. The van der Waals surface area contributed by atoms with Crippen molar-refractivity contribution in [2.75, 3.05) is 0 Å². The maximum absolute atomic E-state index is 4.87. The summed E-state index contributed by atoms with van der Waals surface area (Å²) in [5.74, 6) is 2.83. The molecule has 18 heavy (non-hydrogen) atoms. The normalized spacial score (nSPS) is 39.8. The van der Waals surface area contributed by atoms with Gasteiger partial charge in [0.25, 0.3) is 0 Å². The molecule has 2 heteroatoms. The van der Waals surface area contributed by atoms with Gasteiger partial charge in [0.15, 0.2) is 0 Å². The predicted octanol–water partition coefficient (Wildman–Crippen LogP) is 4.89. The summed E-state index contributed by atoms with van der Waals surface area (Å²) in [6.45, 7) is 9.33. The van der Waals surface area contributed by atoms with Crippen LogP contribution in [0.5, 0.6) is 0 Å². The van der Waals surface area contributed by atoms with Crippen LogP contribution in [-0.2, 0) is 0 Å². The molecule has 1 nitrogen and oxygen atoms in total. The minimum Gasteiger partial charge on any atom is -0.225 e. The Morgan fingerprint density at radius 3 is 2.72 bits per heavy atom. The molecule has 0 unspecified atom stereocenters. The molecule has 0 radical (unpaired) electrons. The largest absolute Gasteiger partial charge is 0.225 e. The summed E-state index contributed by atoms with van der Waals surface area (Å²) in [5, 5.41) is 2.65. The molecule has 2 aliphatic rings. The van der Waals surface area contributed by atoms with Gasteiger partial charge >= 0.3 is 0 Å². The number of fused-ring (bicyclic) bond motifs is 1. The molecule has 2 aliphatic carbocycles. The van der Waals surface area contributed by atoms with E-state index in [2.05, 4.69) is 43.9 Å². The van der Waals surface area contributed by atoms with E-state index in [9.17, 15) is 0 Å². The average molecular weight is 263 g/mol. The first-order valence-corrected chi connectivity index (χ1v) is 7.69. The van der Waals surface area contributed by atoms with Gasteiger partial charge < -0.3 is 0 Å². The van der Waals surface area contributed by atoms with Gasteiger partial charge in [-0.05, 0) is 62.6 Å². The Morgan fingerprint density at radius 2 is 2.11 bits per heavy atom. The topological polar surface area (TPSA) is 12.4 Å². The van der Waals surface area contributed by atoms with E-state index in [1.807, 2.05) is 0 Å². The van der Waals surface area contributed by atoms with E-state index in [4.69, 9.17) is 12.2 Å². The van der Waals surface area contributed by atoms with Crippen molar-refractivity contribution in [3.8, 4) is 0 Å². The molecular formula is C16H25NS. The molecule has 100 valence electrons. The van der Waals surface area contributed by atoms with Crippen molar-refractivity contribution < 1.29 is 0 Å². The van der Waals surface area contributed by atoms with Crippen molar-refractivity contribution in [2.24, 2.45) is 28.7 Å². The molecule has 0 aromatic carbocycles. The first-order chi connectivity index (χ1) is 8.48. The van der Waals surface area contributed by atoms with Crippen LogP contribution in [0.4, 0.5) is 0 Å². The third-order valence-electron chi connectivity index (χ3n) is 5.04. The second-order valence-corrected chi connectivity index (χ2v) is 6.91. The number of rotatable bonds is 2. The van der Waals surface area contributed by atoms with E-state index in [0.717, 1.165) is 24.2 Å². The van der Waals surface area contributed by atoms with E-state index >= 15 is 0 Å². The Labute approximate surface area is 117 Å². The summed E-state index contributed by atoms with van der Waals surface area (Å²) in [4.78, 5) is 4.54.